The number of H-pyrrole nitrogens is 1. The molecular formula is C25H20N4O6S2. The van der Waals surface area contributed by atoms with Crippen LogP contribution in [0.25, 0.3) is 21.9 Å². The maximum absolute atomic E-state index is 14.0. The number of nitrogens with one attached hydrogen (secondary N) is 1. The van der Waals surface area contributed by atoms with E-state index in [2.05, 4.69) is 13.7 Å². The number of hydrogen-bond donors (Lipinski definition) is 1. The minimum Gasteiger partial charge on any atom is -0.497 e. The summed E-state index contributed by atoms with van der Waals surface area (Å²) < 4.78 is 53.9. The second-order valence-electron chi connectivity index (χ2n) is 8.43. The van der Waals surface area contributed by atoms with Crippen molar-refractivity contribution >= 4 is 43.7 Å². The molecule has 0 radical (unpaired) electrons. The van der Waals surface area contributed by atoms with E-state index in [1.54, 1.807) is 61.7 Å². The Morgan fingerprint density at radius 3 is 2.76 bits per heavy atom. The van der Waals surface area contributed by atoms with Gasteiger partial charge < -0.3 is 19.2 Å². The van der Waals surface area contributed by atoms with E-state index in [1.807, 2.05) is 0 Å². The third-order valence-electron chi connectivity index (χ3n) is 6.14. The van der Waals surface area contributed by atoms with Gasteiger partial charge in [0.15, 0.2) is 11.5 Å². The summed E-state index contributed by atoms with van der Waals surface area (Å²) in [6.07, 6.45) is 0. The first-order chi connectivity index (χ1) is 17.9. The Balaban J connectivity index is 1.45. The predicted octanol–water partition coefficient (Wildman–Crippen LogP) is 3.66. The highest BCUT2D eigenvalue weighted by Gasteiger charge is 2.29. The molecule has 0 saturated carbocycles. The third-order valence-corrected chi connectivity index (χ3v) is 8.50. The van der Waals surface area contributed by atoms with E-state index >= 15 is 0 Å². The number of rotatable bonds is 7. The van der Waals surface area contributed by atoms with E-state index in [0.717, 1.165) is 17.1 Å². The molecule has 0 bridgehead atoms. The number of aromatic nitrogens is 3. The molecule has 3 heterocycles. The standard InChI is InChI=1S/C25H20N4O6S2/c1-33-18-6-7-19-16(11-18)10-17(25(30)26-19)13-29(12-15-5-8-21-22(9-15)35-14-34-21)37(31,32)23-4-2-3-20-24(23)28-36-27-20/h2-11H,12-14H2,1H3,(H,26,30). The summed E-state index contributed by atoms with van der Waals surface area (Å²) in [5, 5.41) is 0.722. The summed E-state index contributed by atoms with van der Waals surface area (Å²) in [7, 11) is -2.55. The van der Waals surface area contributed by atoms with Crippen LogP contribution in [0.1, 0.15) is 11.1 Å². The van der Waals surface area contributed by atoms with Crippen LogP contribution in [-0.4, -0.2) is 40.4 Å². The van der Waals surface area contributed by atoms with E-state index in [-0.39, 0.29) is 35.9 Å². The Morgan fingerprint density at radius 2 is 1.89 bits per heavy atom. The fourth-order valence-corrected chi connectivity index (χ4v) is 6.42. The number of ether oxygens (including phenoxy) is 3. The summed E-state index contributed by atoms with van der Waals surface area (Å²) >= 11 is 0.943. The van der Waals surface area contributed by atoms with E-state index < -0.39 is 10.0 Å². The number of sulfonamides is 1. The first-order valence-electron chi connectivity index (χ1n) is 11.2. The lowest BCUT2D eigenvalue weighted by molar-refractivity contribution is 0.174. The number of pyridine rings is 1. The average molecular weight is 537 g/mol. The number of hydrogen-bond acceptors (Lipinski definition) is 9. The fourth-order valence-electron chi connectivity index (χ4n) is 4.26. The van der Waals surface area contributed by atoms with Gasteiger partial charge in [-0.1, -0.05) is 12.1 Å². The number of fused-ring (bicyclic) bond motifs is 3. The van der Waals surface area contributed by atoms with Crippen LogP contribution in [0.3, 0.4) is 0 Å². The highest BCUT2D eigenvalue weighted by atomic mass is 32.2. The summed E-state index contributed by atoms with van der Waals surface area (Å²) in [6.45, 7) is -0.0781. The molecule has 0 fully saturated rings. The van der Waals surface area contributed by atoms with Gasteiger partial charge in [0.05, 0.1) is 18.8 Å². The van der Waals surface area contributed by atoms with Gasteiger partial charge in [0.1, 0.15) is 21.7 Å². The highest BCUT2D eigenvalue weighted by molar-refractivity contribution is 7.89. The van der Waals surface area contributed by atoms with E-state index in [1.165, 1.54) is 10.4 Å². The lowest BCUT2D eigenvalue weighted by atomic mass is 10.1. The Bertz CT molecular complexity index is 1820. The lowest BCUT2D eigenvalue weighted by Crippen LogP contribution is -2.32. The summed E-state index contributed by atoms with van der Waals surface area (Å²) in [6, 6.07) is 17.1. The molecule has 0 atom stereocenters. The van der Waals surface area contributed by atoms with Crippen LogP contribution >= 0.6 is 11.7 Å². The Kier molecular flexibility index (Phi) is 5.78. The quantitative estimate of drug-likeness (QED) is 0.334. The molecule has 6 rings (SSSR count). The molecule has 0 spiro atoms. The van der Waals surface area contributed by atoms with Crippen molar-refractivity contribution in [3.8, 4) is 17.2 Å². The molecule has 1 aliphatic heterocycles. The maximum Gasteiger partial charge on any atom is 0.252 e. The van der Waals surface area contributed by atoms with Crippen molar-refractivity contribution in [3.05, 3.63) is 82.1 Å². The Hall–Kier alpha value is -4.00. The number of nitrogens with zero attached hydrogens (tertiary/aromatic N) is 3. The average Bonchev–Trinajstić information content (AvgIpc) is 3.57. The highest BCUT2D eigenvalue weighted by Crippen LogP contribution is 2.34. The number of methoxy groups -OCH3 is 1. The molecule has 12 heteroatoms. The van der Waals surface area contributed by atoms with Crippen molar-refractivity contribution < 1.29 is 22.6 Å². The van der Waals surface area contributed by atoms with E-state index in [4.69, 9.17) is 14.2 Å². The third kappa shape index (κ3) is 4.28. The SMILES string of the molecule is COc1ccc2[nH]c(=O)c(CN(Cc3ccc4c(c3)OCO4)S(=O)(=O)c3cccc4nsnc34)cc2c1. The second kappa shape index (κ2) is 9.14. The van der Waals surface area contributed by atoms with Crippen molar-refractivity contribution in [1.29, 1.82) is 0 Å². The molecule has 1 aliphatic rings. The monoisotopic (exact) mass is 536 g/mol. The largest absolute Gasteiger partial charge is 0.497 e. The van der Waals surface area contributed by atoms with Crippen LogP contribution in [0.2, 0.25) is 0 Å². The van der Waals surface area contributed by atoms with Crippen molar-refractivity contribution in [2.75, 3.05) is 13.9 Å². The van der Waals surface area contributed by atoms with Gasteiger partial charge in [0.25, 0.3) is 5.56 Å². The fraction of sp³-hybridized carbons (Fsp3) is 0.160. The lowest BCUT2D eigenvalue weighted by Gasteiger charge is -2.22. The zero-order valence-electron chi connectivity index (χ0n) is 19.5. The molecule has 0 aliphatic carbocycles. The maximum atomic E-state index is 14.0. The van der Waals surface area contributed by atoms with E-state index in [9.17, 15) is 13.2 Å². The molecule has 37 heavy (non-hydrogen) atoms. The van der Waals surface area contributed by atoms with Gasteiger partial charge in [0.2, 0.25) is 16.8 Å². The Labute approximate surface area is 215 Å². The topological polar surface area (TPSA) is 124 Å². The van der Waals surface area contributed by atoms with Crippen molar-refractivity contribution in [2.24, 2.45) is 0 Å². The molecular weight excluding hydrogens is 516 g/mol. The van der Waals surface area contributed by atoms with Gasteiger partial charge in [0, 0.05) is 29.6 Å². The molecule has 3 aromatic carbocycles. The Morgan fingerprint density at radius 1 is 1.03 bits per heavy atom. The van der Waals surface area contributed by atoms with Crippen LogP contribution in [0.15, 0.2) is 70.4 Å². The first kappa shape index (κ1) is 23.4. The second-order valence-corrected chi connectivity index (χ2v) is 10.9. The van der Waals surface area contributed by atoms with Crippen LogP contribution < -0.4 is 19.8 Å². The summed E-state index contributed by atoms with van der Waals surface area (Å²) in [4.78, 5) is 15.9. The normalized spacial score (nSPS) is 13.0. The minimum absolute atomic E-state index is 0.0114. The zero-order chi connectivity index (χ0) is 25.6. The number of benzene rings is 3. The summed E-state index contributed by atoms with van der Waals surface area (Å²) in [5.74, 6) is 1.76. The van der Waals surface area contributed by atoms with E-state index in [0.29, 0.717) is 39.4 Å². The van der Waals surface area contributed by atoms with Gasteiger partial charge in [-0.3, -0.25) is 4.79 Å². The molecule has 0 unspecified atom stereocenters. The minimum atomic E-state index is -4.10. The zero-order valence-corrected chi connectivity index (χ0v) is 21.1. The van der Waals surface area contributed by atoms with Crippen molar-refractivity contribution in [1.82, 2.24) is 18.0 Å². The predicted molar refractivity (Wildman–Crippen MR) is 138 cm³/mol. The van der Waals surface area contributed by atoms with Gasteiger partial charge >= 0.3 is 0 Å². The van der Waals surface area contributed by atoms with Crippen molar-refractivity contribution in [2.45, 2.75) is 18.0 Å². The van der Waals surface area contributed by atoms with Crippen LogP contribution in [-0.2, 0) is 23.1 Å². The van der Waals surface area contributed by atoms with Gasteiger partial charge in [-0.2, -0.15) is 13.1 Å². The van der Waals surface area contributed by atoms with Gasteiger partial charge in [-0.05, 0) is 54.1 Å². The molecule has 10 nitrogen and oxygen atoms in total. The molecule has 5 aromatic rings. The number of aromatic amines is 1. The first-order valence-corrected chi connectivity index (χ1v) is 13.4. The molecule has 2 aromatic heterocycles. The van der Waals surface area contributed by atoms with Gasteiger partial charge in [-0.15, -0.1) is 0 Å². The van der Waals surface area contributed by atoms with Crippen LogP contribution in [0, 0.1) is 0 Å². The smallest absolute Gasteiger partial charge is 0.252 e. The van der Waals surface area contributed by atoms with Crippen LogP contribution in [0.4, 0.5) is 0 Å². The molecule has 0 amide bonds. The van der Waals surface area contributed by atoms with Gasteiger partial charge in [-0.25, -0.2) is 8.42 Å². The van der Waals surface area contributed by atoms with Crippen molar-refractivity contribution in [3.63, 3.8) is 0 Å². The molecule has 188 valence electrons. The molecule has 1 N–H and O–H groups in total. The summed E-state index contributed by atoms with van der Waals surface area (Å²) in [5.41, 5.74) is 1.99. The van der Waals surface area contributed by atoms with Crippen LogP contribution in [0.5, 0.6) is 17.2 Å². The molecule has 0 saturated heterocycles.